The van der Waals surface area contributed by atoms with E-state index in [-0.39, 0.29) is 23.0 Å². The number of carbonyl (C=O) groups excluding carboxylic acids is 1. The van der Waals surface area contributed by atoms with Crippen molar-refractivity contribution in [3.05, 3.63) is 75.2 Å². The van der Waals surface area contributed by atoms with Crippen molar-refractivity contribution in [2.75, 3.05) is 5.32 Å². The van der Waals surface area contributed by atoms with E-state index in [0.717, 1.165) is 11.4 Å². The molecule has 0 aliphatic heterocycles. The van der Waals surface area contributed by atoms with Gasteiger partial charge >= 0.3 is 0 Å². The number of amides is 1. The summed E-state index contributed by atoms with van der Waals surface area (Å²) in [6.45, 7) is 3.61. The van der Waals surface area contributed by atoms with Crippen molar-refractivity contribution >= 4 is 23.5 Å². The number of benzene rings is 1. The van der Waals surface area contributed by atoms with Crippen LogP contribution in [-0.4, -0.2) is 30.6 Å². The number of non-ortho nitro benzene ring substituents is 1. The summed E-state index contributed by atoms with van der Waals surface area (Å²) in [5, 5.41) is 26.7. The molecule has 2 aromatic heterocycles. The summed E-state index contributed by atoms with van der Waals surface area (Å²) in [6.07, 6.45) is 4.07. The largest absolute Gasteiger partial charge is 0.306 e. The SMILES string of the molecule is Cc1cc(C)nc(-n2ncc(C#N)c2NC(=O)/C=C/c2ccc([N+](=O)[O-])cc2)n1. The fraction of sp³-hybridized carbons (Fsp3) is 0.105. The Kier molecular flexibility index (Phi) is 5.41. The summed E-state index contributed by atoms with van der Waals surface area (Å²) < 4.78 is 1.29. The van der Waals surface area contributed by atoms with Crippen LogP contribution >= 0.6 is 0 Å². The zero-order valence-corrected chi connectivity index (χ0v) is 15.5. The van der Waals surface area contributed by atoms with E-state index in [0.29, 0.717) is 5.56 Å². The first-order valence-corrected chi connectivity index (χ1v) is 8.41. The monoisotopic (exact) mass is 389 g/mol. The predicted molar refractivity (Wildman–Crippen MR) is 104 cm³/mol. The number of carbonyl (C=O) groups is 1. The average molecular weight is 389 g/mol. The third kappa shape index (κ3) is 4.48. The second-order valence-electron chi connectivity index (χ2n) is 6.05. The molecule has 0 fully saturated rings. The van der Waals surface area contributed by atoms with Gasteiger partial charge in [0.1, 0.15) is 11.6 Å². The molecule has 0 unspecified atom stereocenters. The highest BCUT2D eigenvalue weighted by Crippen LogP contribution is 2.18. The number of nitriles is 1. The molecule has 0 atom stereocenters. The maximum atomic E-state index is 12.3. The number of hydrogen-bond acceptors (Lipinski definition) is 7. The van der Waals surface area contributed by atoms with E-state index < -0.39 is 10.8 Å². The molecule has 10 nitrogen and oxygen atoms in total. The maximum absolute atomic E-state index is 12.3. The van der Waals surface area contributed by atoms with Gasteiger partial charge in [-0.05, 0) is 43.7 Å². The quantitative estimate of drug-likeness (QED) is 0.402. The highest BCUT2D eigenvalue weighted by atomic mass is 16.6. The van der Waals surface area contributed by atoms with Crippen LogP contribution in [0.4, 0.5) is 11.5 Å². The van der Waals surface area contributed by atoms with Gasteiger partial charge in [-0.15, -0.1) is 0 Å². The number of anilines is 1. The lowest BCUT2D eigenvalue weighted by Gasteiger charge is -2.08. The van der Waals surface area contributed by atoms with Crippen molar-refractivity contribution in [3.8, 4) is 12.0 Å². The third-order valence-corrected chi connectivity index (χ3v) is 3.82. The summed E-state index contributed by atoms with van der Waals surface area (Å²) in [6, 6.07) is 9.50. The number of rotatable bonds is 5. The van der Waals surface area contributed by atoms with Gasteiger partial charge in [0.2, 0.25) is 5.91 Å². The van der Waals surface area contributed by atoms with Crippen molar-refractivity contribution in [3.63, 3.8) is 0 Å². The molecule has 1 aromatic carbocycles. The van der Waals surface area contributed by atoms with Gasteiger partial charge in [-0.2, -0.15) is 15.0 Å². The topological polar surface area (TPSA) is 140 Å². The standard InChI is InChI=1S/C19H15N7O3/c1-12-9-13(2)23-19(22-12)25-18(15(10-20)11-21-25)24-17(27)8-5-14-3-6-16(7-4-14)26(28)29/h3-9,11H,1-2H3,(H,24,27)/b8-5+. The Balaban J connectivity index is 1.84. The minimum Gasteiger partial charge on any atom is -0.306 e. The Morgan fingerprint density at radius 2 is 1.90 bits per heavy atom. The van der Waals surface area contributed by atoms with Crippen LogP contribution in [0, 0.1) is 35.3 Å². The van der Waals surface area contributed by atoms with E-state index in [1.54, 1.807) is 19.9 Å². The van der Waals surface area contributed by atoms with Crippen molar-refractivity contribution in [2.45, 2.75) is 13.8 Å². The van der Waals surface area contributed by atoms with Crippen LogP contribution in [-0.2, 0) is 4.79 Å². The van der Waals surface area contributed by atoms with Crippen LogP contribution in [0.25, 0.3) is 12.0 Å². The van der Waals surface area contributed by atoms with Crippen molar-refractivity contribution < 1.29 is 9.72 Å². The number of aryl methyl sites for hydroxylation is 2. The van der Waals surface area contributed by atoms with Gasteiger partial charge in [-0.3, -0.25) is 14.9 Å². The maximum Gasteiger partial charge on any atom is 0.269 e. The Labute approximate surface area is 165 Å². The number of nitrogens with one attached hydrogen (secondary N) is 1. The minimum absolute atomic E-state index is 0.0392. The number of aromatic nitrogens is 4. The van der Waals surface area contributed by atoms with E-state index in [1.165, 1.54) is 47.3 Å². The summed E-state index contributed by atoms with van der Waals surface area (Å²) in [4.78, 5) is 31.1. The summed E-state index contributed by atoms with van der Waals surface area (Å²) in [5.74, 6) is -0.125. The number of nitro benzene ring substituents is 1. The lowest BCUT2D eigenvalue weighted by molar-refractivity contribution is -0.384. The van der Waals surface area contributed by atoms with Crippen molar-refractivity contribution in [1.29, 1.82) is 5.26 Å². The molecule has 0 spiro atoms. The molecule has 0 saturated carbocycles. The Morgan fingerprint density at radius 3 is 2.48 bits per heavy atom. The first-order chi connectivity index (χ1) is 13.9. The first-order valence-electron chi connectivity index (χ1n) is 8.41. The van der Waals surface area contributed by atoms with Crippen molar-refractivity contribution in [1.82, 2.24) is 19.7 Å². The summed E-state index contributed by atoms with van der Waals surface area (Å²) in [5.41, 5.74) is 2.17. The molecule has 1 N–H and O–H groups in total. The van der Waals surface area contributed by atoms with Crippen LogP contribution in [0.3, 0.4) is 0 Å². The highest BCUT2D eigenvalue weighted by molar-refractivity contribution is 6.02. The molecule has 144 valence electrons. The van der Waals surface area contributed by atoms with Gasteiger partial charge in [-0.25, -0.2) is 9.97 Å². The molecular weight excluding hydrogens is 374 g/mol. The van der Waals surface area contributed by atoms with Crippen LogP contribution in [0.2, 0.25) is 0 Å². The van der Waals surface area contributed by atoms with E-state index in [2.05, 4.69) is 20.4 Å². The average Bonchev–Trinajstić information content (AvgIpc) is 3.08. The Hall–Kier alpha value is -4.39. The van der Waals surface area contributed by atoms with Crippen LogP contribution < -0.4 is 5.32 Å². The highest BCUT2D eigenvalue weighted by Gasteiger charge is 2.16. The van der Waals surface area contributed by atoms with Gasteiger partial charge in [0.25, 0.3) is 11.6 Å². The van der Waals surface area contributed by atoms with Crippen LogP contribution in [0.15, 0.2) is 42.6 Å². The second-order valence-corrected chi connectivity index (χ2v) is 6.05. The van der Waals surface area contributed by atoms with Crippen LogP contribution in [0.5, 0.6) is 0 Å². The molecule has 2 heterocycles. The van der Waals surface area contributed by atoms with Crippen molar-refractivity contribution in [2.24, 2.45) is 0 Å². The molecule has 29 heavy (non-hydrogen) atoms. The lowest BCUT2D eigenvalue weighted by atomic mass is 10.2. The zero-order valence-electron chi connectivity index (χ0n) is 15.5. The van der Waals surface area contributed by atoms with E-state index >= 15 is 0 Å². The third-order valence-electron chi connectivity index (χ3n) is 3.82. The van der Waals surface area contributed by atoms with Gasteiger partial charge < -0.3 is 5.32 Å². The van der Waals surface area contributed by atoms with Gasteiger partial charge in [-0.1, -0.05) is 0 Å². The van der Waals surface area contributed by atoms with E-state index in [1.807, 2.05) is 6.07 Å². The molecule has 1 amide bonds. The minimum atomic E-state index is -0.508. The molecule has 0 aliphatic carbocycles. The number of nitrogens with zero attached hydrogens (tertiary/aromatic N) is 6. The molecule has 0 bridgehead atoms. The van der Waals surface area contributed by atoms with Gasteiger partial charge in [0, 0.05) is 29.6 Å². The van der Waals surface area contributed by atoms with Crippen LogP contribution in [0.1, 0.15) is 22.5 Å². The number of nitro groups is 1. The van der Waals surface area contributed by atoms with E-state index in [4.69, 9.17) is 0 Å². The number of hydrogen-bond donors (Lipinski definition) is 1. The molecule has 3 rings (SSSR count). The molecule has 0 aliphatic rings. The first kappa shape index (κ1) is 19.4. The van der Waals surface area contributed by atoms with Gasteiger partial charge in [0.05, 0.1) is 11.1 Å². The summed E-state index contributed by atoms with van der Waals surface area (Å²) >= 11 is 0. The second kappa shape index (κ2) is 8.10. The molecule has 10 heteroatoms. The smallest absolute Gasteiger partial charge is 0.269 e. The Morgan fingerprint density at radius 1 is 1.24 bits per heavy atom. The molecule has 0 radical (unpaired) electrons. The normalized spacial score (nSPS) is 10.7. The Bertz CT molecular complexity index is 1140. The van der Waals surface area contributed by atoms with E-state index in [9.17, 15) is 20.2 Å². The predicted octanol–water partition coefficient (Wildman–Crippen LogP) is 2.71. The van der Waals surface area contributed by atoms with Gasteiger partial charge in [0.15, 0.2) is 5.82 Å². The molecule has 0 saturated heterocycles. The fourth-order valence-electron chi connectivity index (χ4n) is 2.54. The molecular formula is C19H15N7O3. The molecule has 3 aromatic rings. The summed E-state index contributed by atoms with van der Waals surface area (Å²) in [7, 11) is 0. The lowest BCUT2D eigenvalue weighted by Crippen LogP contribution is -2.15. The zero-order chi connectivity index (χ0) is 21.0. The fourth-order valence-corrected chi connectivity index (χ4v) is 2.54.